The van der Waals surface area contributed by atoms with Crippen molar-refractivity contribution in [3.63, 3.8) is 0 Å². The maximum absolute atomic E-state index is 7.57. The Morgan fingerprint density at radius 2 is 1.50 bits per heavy atom. The molecule has 2 nitrogen and oxygen atoms in total. The molecule has 0 aromatic carbocycles. The first-order chi connectivity index (χ1) is 1.73. The van der Waals surface area contributed by atoms with Gasteiger partial charge < -0.3 is 0 Å². The minimum absolute atomic E-state index is 3.07. The Kier molecular flexibility index (Phi) is 2.83. The van der Waals surface area contributed by atoms with Crippen molar-refractivity contribution in [3.05, 3.63) is 0 Å². The van der Waals surface area contributed by atoms with E-state index in [0.717, 1.165) is 0 Å². The molecule has 0 spiro atoms. The van der Waals surface area contributed by atoms with Crippen molar-refractivity contribution in [2.24, 2.45) is 0 Å². The van der Waals surface area contributed by atoms with Gasteiger partial charge in [0.15, 0.2) is 0 Å². The van der Waals surface area contributed by atoms with Crippen LogP contribution < -0.4 is 0 Å². The van der Waals surface area contributed by atoms with Crippen molar-refractivity contribution >= 4 is 28.4 Å². The molecule has 25 valence electrons. The number of rotatable bonds is 0. The Bertz CT molecular complexity index is 10.8. The van der Waals surface area contributed by atoms with E-state index in [0.29, 0.717) is 0 Å². The van der Waals surface area contributed by atoms with E-state index in [1.807, 2.05) is 0 Å². The van der Waals surface area contributed by atoms with Gasteiger partial charge in [0, 0.05) is 0 Å². The first-order valence-corrected chi connectivity index (χ1v) is 6.80. The van der Waals surface area contributed by atoms with Gasteiger partial charge in [-0.3, -0.25) is 0 Å². The normalized spacial score (nSPS) is 9.00. The minimum atomic E-state index is -3.07. The van der Waals surface area contributed by atoms with Gasteiger partial charge in [-0.15, -0.1) is 0 Å². The third kappa shape index (κ3) is 11.9. The van der Waals surface area contributed by atoms with Gasteiger partial charge >= 0.3 is 35.3 Å². The maximum atomic E-state index is 7.57. The molecule has 0 amide bonds. The van der Waals surface area contributed by atoms with Crippen LogP contribution in [-0.2, 0) is 0 Å². The molecule has 0 aromatic rings. The summed E-state index contributed by atoms with van der Waals surface area (Å²) in [5.41, 5.74) is 0. The first kappa shape index (κ1) is 5.01. The van der Waals surface area contributed by atoms with E-state index in [9.17, 15) is 0 Å². The van der Waals surface area contributed by atoms with E-state index in [1.54, 1.807) is 0 Å². The molecule has 0 aliphatic rings. The molecule has 0 saturated heterocycles. The van der Waals surface area contributed by atoms with Gasteiger partial charge in [0.1, 0.15) is 0 Å². The molecule has 0 saturated carbocycles. The fraction of sp³-hybridized carbons (Fsp3) is 0. The summed E-state index contributed by atoms with van der Waals surface area (Å²) in [6.07, 6.45) is 0. The number of hydrogen-bond donors (Lipinski definition) is 2. The molecule has 4 heteroatoms. The second-order valence-corrected chi connectivity index (χ2v) is 4.07. The quantitative estimate of drug-likeness (QED) is 0.488. The molecule has 0 heterocycles. The van der Waals surface area contributed by atoms with Crippen molar-refractivity contribution in [1.82, 2.24) is 0 Å². The summed E-state index contributed by atoms with van der Waals surface area (Å²) in [6.45, 7) is 0. The molecule has 0 rings (SSSR count). The van der Waals surface area contributed by atoms with Crippen LogP contribution in [0.25, 0.3) is 0 Å². The van der Waals surface area contributed by atoms with Gasteiger partial charge in [0.25, 0.3) is 0 Å². The van der Waals surface area contributed by atoms with Crippen LogP contribution in [0.4, 0.5) is 0 Å². The Hall–Kier alpha value is 1.01. The molecule has 1 radical (unpaired) electrons. The van der Waals surface area contributed by atoms with Crippen molar-refractivity contribution < 1.29 is 6.89 Å². The van der Waals surface area contributed by atoms with Gasteiger partial charge in [-0.1, -0.05) is 0 Å². The molecular formula is H2ClO2Sn. The van der Waals surface area contributed by atoms with Crippen molar-refractivity contribution in [3.8, 4) is 0 Å². The van der Waals surface area contributed by atoms with Gasteiger partial charge in [0.05, 0.1) is 0 Å². The van der Waals surface area contributed by atoms with Crippen LogP contribution in [0.5, 0.6) is 0 Å². The van der Waals surface area contributed by atoms with Gasteiger partial charge in [-0.05, 0) is 0 Å². The molecule has 0 fully saturated rings. The van der Waals surface area contributed by atoms with Crippen molar-refractivity contribution in [2.75, 3.05) is 0 Å². The first-order valence-electron chi connectivity index (χ1n) is 0.636. The summed E-state index contributed by atoms with van der Waals surface area (Å²) in [5.74, 6) is 0. The molecule has 4 heavy (non-hydrogen) atoms. The molecule has 2 N–H and O–H groups in total. The van der Waals surface area contributed by atoms with E-state index in [-0.39, 0.29) is 0 Å². The van der Waals surface area contributed by atoms with Crippen LogP contribution >= 0.6 is 8.92 Å². The average molecular weight is 188 g/mol. The Labute approximate surface area is 35.6 Å². The van der Waals surface area contributed by atoms with Gasteiger partial charge in [0.2, 0.25) is 0 Å². The standard InChI is InChI=1S/ClH.2H2O.Sn/h1H;2*1H2;/q;;;+3/p-3. The molecule has 0 bridgehead atoms. The third-order valence-corrected chi connectivity index (χ3v) is 0. The van der Waals surface area contributed by atoms with E-state index in [2.05, 4.69) is 8.92 Å². The van der Waals surface area contributed by atoms with E-state index in [1.165, 1.54) is 0 Å². The zero-order chi connectivity index (χ0) is 3.58. The molecule has 0 aliphatic carbocycles. The van der Waals surface area contributed by atoms with E-state index >= 15 is 0 Å². The topological polar surface area (TPSA) is 40.5 Å². The van der Waals surface area contributed by atoms with Crippen molar-refractivity contribution in [1.29, 1.82) is 0 Å². The van der Waals surface area contributed by atoms with Crippen molar-refractivity contribution in [2.45, 2.75) is 0 Å². The fourth-order valence-electron chi connectivity index (χ4n) is 0. The fourth-order valence-corrected chi connectivity index (χ4v) is 0. The summed E-state index contributed by atoms with van der Waals surface area (Å²) < 4.78 is 15.1. The van der Waals surface area contributed by atoms with Crippen LogP contribution in [0.3, 0.4) is 0 Å². The Morgan fingerprint density at radius 3 is 1.50 bits per heavy atom. The summed E-state index contributed by atoms with van der Waals surface area (Å²) in [4.78, 5) is 0. The second-order valence-electron chi connectivity index (χ2n) is 0.269. The third-order valence-electron chi connectivity index (χ3n) is 0. The average Bonchev–Trinajstić information content (AvgIpc) is 0.811. The zero-order valence-electron chi connectivity index (χ0n) is 1.77. The van der Waals surface area contributed by atoms with E-state index < -0.39 is 19.5 Å². The number of hydrogen-bond acceptors (Lipinski definition) is 2. The molecule has 0 atom stereocenters. The predicted octanol–water partition coefficient (Wildman–Crippen LogP) is -0.805. The summed E-state index contributed by atoms with van der Waals surface area (Å²) in [7, 11) is 4.58. The Balaban J connectivity index is 2.32. The summed E-state index contributed by atoms with van der Waals surface area (Å²) in [6, 6.07) is 0. The van der Waals surface area contributed by atoms with E-state index in [4.69, 9.17) is 6.89 Å². The molecule has 0 unspecified atom stereocenters. The van der Waals surface area contributed by atoms with Crippen LogP contribution in [0.2, 0.25) is 0 Å². The predicted molar refractivity (Wildman–Crippen MR) is 16.0 cm³/mol. The number of halogens is 1. The second kappa shape index (κ2) is 2.26. The van der Waals surface area contributed by atoms with Crippen LogP contribution in [-0.4, -0.2) is 26.3 Å². The van der Waals surface area contributed by atoms with Gasteiger partial charge in [-0.25, -0.2) is 0 Å². The van der Waals surface area contributed by atoms with Crippen LogP contribution in [0, 0.1) is 0 Å². The summed E-state index contributed by atoms with van der Waals surface area (Å²) in [5, 5.41) is 0. The van der Waals surface area contributed by atoms with Crippen LogP contribution in [0.15, 0.2) is 0 Å². The molecular weight excluding hydrogens is 186 g/mol. The zero-order valence-corrected chi connectivity index (χ0v) is 5.38. The Morgan fingerprint density at radius 1 is 1.50 bits per heavy atom. The van der Waals surface area contributed by atoms with Gasteiger partial charge in [-0.2, -0.15) is 0 Å². The molecule has 0 aromatic heterocycles. The molecule has 0 aliphatic heterocycles. The van der Waals surface area contributed by atoms with Crippen LogP contribution in [0.1, 0.15) is 0 Å². The monoisotopic (exact) mass is 189 g/mol. The SMILES string of the molecule is [OH][Sn]([OH])[Cl]. The summed E-state index contributed by atoms with van der Waals surface area (Å²) >= 11 is -3.07.